The van der Waals surface area contributed by atoms with Gasteiger partial charge in [-0.3, -0.25) is 4.79 Å². The van der Waals surface area contributed by atoms with Gasteiger partial charge in [0.15, 0.2) is 0 Å². The van der Waals surface area contributed by atoms with E-state index in [4.69, 9.17) is 0 Å². The molecule has 1 atom stereocenters. The van der Waals surface area contributed by atoms with Crippen LogP contribution >= 0.6 is 0 Å². The molecule has 1 aromatic carbocycles. The molecule has 0 amide bonds. The van der Waals surface area contributed by atoms with Gasteiger partial charge in [0.25, 0.3) is 0 Å². The maximum absolute atomic E-state index is 12.1. The number of benzene rings is 1. The molecule has 0 saturated heterocycles. The van der Waals surface area contributed by atoms with Gasteiger partial charge in [0.05, 0.1) is 0 Å². The molecule has 1 aromatic rings. The normalized spacial score (nSPS) is 22.3. The Hall–Kier alpha value is -1.31. The molecule has 1 aliphatic rings. The Morgan fingerprint density at radius 1 is 1.37 bits per heavy atom. The summed E-state index contributed by atoms with van der Waals surface area (Å²) >= 11 is 0. The molecule has 1 fully saturated rings. The summed E-state index contributed by atoms with van der Waals surface area (Å²) in [6.45, 7) is 7.50. The summed E-state index contributed by atoms with van der Waals surface area (Å²) < 4.78 is 0. The number of carbonyl (C=O) groups is 1. The first-order chi connectivity index (χ1) is 8.87. The Kier molecular flexibility index (Phi) is 3.98. The van der Waals surface area contributed by atoms with E-state index >= 15 is 0 Å². The number of hydrogen-bond acceptors (Lipinski definition) is 2. The molecule has 104 valence electrons. The molecule has 1 unspecified atom stereocenters. The van der Waals surface area contributed by atoms with Crippen LogP contribution in [-0.2, 0) is 4.79 Å². The highest BCUT2D eigenvalue weighted by molar-refractivity contribution is 5.82. The molecule has 0 radical (unpaired) electrons. The lowest BCUT2D eigenvalue weighted by Gasteiger charge is -2.36. The SMILES string of the molecule is Cc1cccc(N(C)CC2CC(C)(C)CCC2=O)c1. The van der Waals surface area contributed by atoms with Crippen LogP contribution in [0.15, 0.2) is 24.3 Å². The topological polar surface area (TPSA) is 20.3 Å². The molecular formula is C17H25NO. The van der Waals surface area contributed by atoms with Crippen LogP contribution in [0.5, 0.6) is 0 Å². The number of Topliss-reactive ketones (excluding diaryl/α,β-unsaturated/α-hetero) is 1. The lowest BCUT2D eigenvalue weighted by molar-refractivity contribution is -0.126. The van der Waals surface area contributed by atoms with Gasteiger partial charge in [-0.1, -0.05) is 26.0 Å². The summed E-state index contributed by atoms with van der Waals surface area (Å²) in [5, 5.41) is 0. The maximum Gasteiger partial charge on any atom is 0.137 e. The lowest BCUT2D eigenvalue weighted by Crippen LogP contribution is -2.37. The van der Waals surface area contributed by atoms with E-state index in [0.717, 1.165) is 25.8 Å². The van der Waals surface area contributed by atoms with Crippen LogP contribution in [0.4, 0.5) is 5.69 Å². The fourth-order valence-electron chi connectivity index (χ4n) is 3.02. The van der Waals surface area contributed by atoms with Crippen molar-refractivity contribution in [3.05, 3.63) is 29.8 Å². The number of hydrogen-bond donors (Lipinski definition) is 0. The molecule has 0 aliphatic heterocycles. The number of rotatable bonds is 3. The third-order valence-corrected chi connectivity index (χ3v) is 4.24. The minimum absolute atomic E-state index is 0.189. The molecular weight excluding hydrogens is 234 g/mol. The van der Waals surface area contributed by atoms with E-state index in [1.165, 1.54) is 11.3 Å². The predicted molar refractivity (Wildman–Crippen MR) is 80.6 cm³/mol. The highest BCUT2D eigenvalue weighted by Crippen LogP contribution is 2.37. The number of aryl methyl sites for hydroxylation is 1. The highest BCUT2D eigenvalue weighted by atomic mass is 16.1. The van der Waals surface area contributed by atoms with Crippen LogP contribution in [0, 0.1) is 18.3 Å². The van der Waals surface area contributed by atoms with Gasteiger partial charge in [-0.05, 0) is 42.9 Å². The van der Waals surface area contributed by atoms with Crippen molar-refractivity contribution in [2.45, 2.75) is 40.0 Å². The smallest absolute Gasteiger partial charge is 0.137 e. The van der Waals surface area contributed by atoms with Crippen LogP contribution in [0.2, 0.25) is 0 Å². The van der Waals surface area contributed by atoms with Crippen molar-refractivity contribution in [3.8, 4) is 0 Å². The summed E-state index contributed by atoms with van der Waals surface area (Å²) in [6, 6.07) is 8.48. The standard InChI is InChI=1S/C17H25NO/c1-13-6-5-7-15(10-13)18(4)12-14-11-17(2,3)9-8-16(14)19/h5-7,10,14H,8-9,11-12H2,1-4H3. The fraction of sp³-hybridized carbons (Fsp3) is 0.588. The number of anilines is 1. The van der Waals surface area contributed by atoms with E-state index in [9.17, 15) is 4.79 Å². The third-order valence-electron chi connectivity index (χ3n) is 4.24. The maximum atomic E-state index is 12.1. The molecule has 1 aliphatic carbocycles. The van der Waals surface area contributed by atoms with E-state index in [1.807, 2.05) is 0 Å². The van der Waals surface area contributed by atoms with Crippen LogP contribution in [-0.4, -0.2) is 19.4 Å². The van der Waals surface area contributed by atoms with Gasteiger partial charge in [0.2, 0.25) is 0 Å². The molecule has 1 saturated carbocycles. The summed E-state index contributed by atoms with van der Waals surface area (Å²) in [5.41, 5.74) is 2.78. The first-order valence-corrected chi connectivity index (χ1v) is 7.18. The van der Waals surface area contributed by atoms with Gasteiger partial charge in [-0.25, -0.2) is 0 Å². The second-order valence-corrected chi connectivity index (χ2v) is 6.75. The Morgan fingerprint density at radius 3 is 2.79 bits per heavy atom. The van der Waals surface area contributed by atoms with Gasteiger partial charge >= 0.3 is 0 Å². The molecule has 19 heavy (non-hydrogen) atoms. The monoisotopic (exact) mass is 259 g/mol. The van der Waals surface area contributed by atoms with Gasteiger partial charge in [0.1, 0.15) is 5.78 Å². The third kappa shape index (κ3) is 3.59. The average molecular weight is 259 g/mol. The van der Waals surface area contributed by atoms with Gasteiger partial charge in [0, 0.05) is 31.6 Å². The largest absolute Gasteiger partial charge is 0.374 e. The first kappa shape index (κ1) is 14.1. The summed E-state index contributed by atoms with van der Waals surface area (Å²) in [6.07, 6.45) is 2.80. The Balaban J connectivity index is 2.05. The zero-order chi connectivity index (χ0) is 14.0. The van der Waals surface area contributed by atoms with Crippen molar-refractivity contribution in [3.63, 3.8) is 0 Å². The minimum atomic E-state index is 0.189. The number of carbonyl (C=O) groups excluding carboxylic acids is 1. The van der Waals surface area contributed by atoms with Crippen molar-refractivity contribution < 1.29 is 4.79 Å². The lowest BCUT2D eigenvalue weighted by atomic mass is 9.71. The molecule has 0 heterocycles. The van der Waals surface area contributed by atoms with Crippen LogP contribution in [0.25, 0.3) is 0 Å². The van der Waals surface area contributed by atoms with Gasteiger partial charge < -0.3 is 4.90 Å². The Labute approximate surface area is 116 Å². The van der Waals surface area contributed by atoms with E-state index in [2.05, 4.69) is 57.0 Å². The summed E-state index contributed by atoms with van der Waals surface area (Å²) in [7, 11) is 2.09. The van der Waals surface area contributed by atoms with Crippen molar-refractivity contribution in [1.29, 1.82) is 0 Å². The van der Waals surface area contributed by atoms with E-state index in [-0.39, 0.29) is 5.92 Å². The zero-order valence-electron chi connectivity index (χ0n) is 12.6. The fourth-order valence-corrected chi connectivity index (χ4v) is 3.02. The van der Waals surface area contributed by atoms with Crippen molar-refractivity contribution >= 4 is 11.5 Å². The van der Waals surface area contributed by atoms with Gasteiger partial charge in [-0.15, -0.1) is 0 Å². The van der Waals surface area contributed by atoms with Crippen LogP contribution in [0.3, 0.4) is 0 Å². The Bertz CT molecular complexity index is 464. The zero-order valence-corrected chi connectivity index (χ0v) is 12.6. The molecule has 0 N–H and O–H groups in total. The molecule has 2 nitrogen and oxygen atoms in total. The molecule has 0 bridgehead atoms. The number of nitrogens with zero attached hydrogens (tertiary/aromatic N) is 1. The van der Waals surface area contributed by atoms with E-state index in [0.29, 0.717) is 11.2 Å². The summed E-state index contributed by atoms with van der Waals surface area (Å²) in [5.74, 6) is 0.632. The van der Waals surface area contributed by atoms with E-state index < -0.39 is 0 Å². The Morgan fingerprint density at radius 2 is 2.11 bits per heavy atom. The van der Waals surface area contributed by atoms with Crippen molar-refractivity contribution in [2.75, 3.05) is 18.5 Å². The van der Waals surface area contributed by atoms with Gasteiger partial charge in [-0.2, -0.15) is 0 Å². The quantitative estimate of drug-likeness (QED) is 0.822. The minimum Gasteiger partial charge on any atom is -0.374 e. The second kappa shape index (κ2) is 5.36. The predicted octanol–water partition coefficient (Wildman–Crippen LogP) is 3.83. The van der Waals surface area contributed by atoms with Crippen LogP contribution in [0.1, 0.15) is 38.7 Å². The summed E-state index contributed by atoms with van der Waals surface area (Å²) in [4.78, 5) is 14.3. The first-order valence-electron chi connectivity index (χ1n) is 7.18. The van der Waals surface area contributed by atoms with Crippen LogP contribution < -0.4 is 4.90 Å². The number of ketones is 1. The van der Waals surface area contributed by atoms with Crippen molar-refractivity contribution in [1.82, 2.24) is 0 Å². The molecule has 0 spiro atoms. The average Bonchev–Trinajstić information content (AvgIpc) is 2.33. The molecule has 2 heteroatoms. The molecule has 2 rings (SSSR count). The molecule has 0 aromatic heterocycles. The van der Waals surface area contributed by atoms with E-state index in [1.54, 1.807) is 0 Å². The van der Waals surface area contributed by atoms with Crippen molar-refractivity contribution in [2.24, 2.45) is 11.3 Å². The highest BCUT2D eigenvalue weighted by Gasteiger charge is 2.34. The second-order valence-electron chi connectivity index (χ2n) is 6.75.